The lowest BCUT2D eigenvalue weighted by molar-refractivity contribution is 0.367. The minimum Gasteiger partial charge on any atom is -0.367 e. The van der Waals surface area contributed by atoms with Crippen LogP contribution < -0.4 is 10.6 Å². The average molecular weight is 277 g/mol. The molecule has 0 aromatic carbocycles. The lowest BCUT2D eigenvalue weighted by Crippen LogP contribution is -2.25. The third-order valence-corrected chi connectivity index (χ3v) is 3.14. The summed E-state index contributed by atoms with van der Waals surface area (Å²) in [5.41, 5.74) is 1.54. The zero-order chi connectivity index (χ0) is 14.4. The first-order valence-electron chi connectivity index (χ1n) is 7.12. The van der Waals surface area contributed by atoms with Gasteiger partial charge >= 0.3 is 0 Å². The van der Waals surface area contributed by atoms with Crippen LogP contribution in [0.3, 0.4) is 0 Å². The SMILES string of the molecule is CCCNc1nc(NCCN(C)CC)c2[nH]cnc2n1. The summed E-state index contributed by atoms with van der Waals surface area (Å²) in [5, 5.41) is 6.55. The molecule has 0 bridgehead atoms. The predicted octanol–water partition coefficient (Wildman–Crippen LogP) is 1.54. The quantitative estimate of drug-likeness (QED) is 0.679. The Bertz CT molecular complexity index is 536. The summed E-state index contributed by atoms with van der Waals surface area (Å²) in [7, 11) is 2.10. The van der Waals surface area contributed by atoms with Crippen LogP contribution in [-0.2, 0) is 0 Å². The van der Waals surface area contributed by atoms with E-state index in [9.17, 15) is 0 Å². The Morgan fingerprint density at radius 1 is 1.20 bits per heavy atom. The minimum atomic E-state index is 0.623. The van der Waals surface area contributed by atoms with Crippen molar-refractivity contribution in [2.75, 3.05) is 43.9 Å². The number of anilines is 2. The van der Waals surface area contributed by atoms with Crippen molar-refractivity contribution in [3.63, 3.8) is 0 Å². The number of hydrogen-bond donors (Lipinski definition) is 3. The number of aromatic amines is 1. The van der Waals surface area contributed by atoms with Crippen LogP contribution in [0.25, 0.3) is 11.2 Å². The maximum absolute atomic E-state index is 4.51. The summed E-state index contributed by atoms with van der Waals surface area (Å²) in [6, 6.07) is 0. The molecular formula is C13H23N7. The van der Waals surface area contributed by atoms with Gasteiger partial charge in [-0.1, -0.05) is 13.8 Å². The van der Waals surface area contributed by atoms with Gasteiger partial charge in [0.25, 0.3) is 0 Å². The van der Waals surface area contributed by atoms with E-state index in [0.717, 1.165) is 43.9 Å². The molecule has 2 aromatic heterocycles. The zero-order valence-electron chi connectivity index (χ0n) is 12.4. The number of imidazole rings is 1. The first-order chi connectivity index (χ1) is 9.74. The first kappa shape index (κ1) is 14.5. The van der Waals surface area contributed by atoms with E-state index in [1.54, 1.807) is 6.33 Å². The van der Waals surface area contributed by atoms with Crippen molar-refractivity contribution in [3.8, 4) is 0 Å². The number of likely N-dealkylation sites (N-methyl/N-ethyl adjacent to an activating group) is 1. The molecular weight excluding hydrogens is 254 g/mol. The molecule has 7 nitrogen and oxygen atoms in total. The van der Waals surface area contributed by atoms with E-state index in [4.69, 9.17) is 0 Å². The minimum absolute atomic E-state index is 0.623. The van der Waals surface area contributed by atoms with Crippen LogP contribution in [-0.4, -0.2) is 58.1 Å². The molecule has 2 rings (SSSR count). The van der Waals surface area contributed by atoms with Crippen LogP contribution in [0.15, 0.2) is 6.33 Å². The van der Waals surface area contributed by atoms with E-state index >= 15 is 0 Å². The lowest BCUT2D eigenvalue weighted by Gasteiger charge is -2.14. The molecule has 0 aliphatic heterocycles. The van der Waals surface area contributed by atoms with Gasteiger partial charge in [0, 0.05) is 19.6 Å². The Kier molecular flexibility index (Phi) is 5.11. The molecule has 0 fully saturated rings. The van der Waals surface area contributed by atoms with Crippen molar-refractivity contribution >= 4 is 22.9 Å². The highest BCUT2D eigenvalue weighted by molar-refractivity contribution is 5.83. The van der Waals surface area contributed by atoms with Gasteiger partial charge in [-0.05, 0) is 20.0 Å². The summed E-state index contributed by atoms with van der Waals surface area (Å²) in [6.45, 7) is 7.95. The Morgan fingerprint density at radius 2 is 2.05 bits per heavy atom. The molecule has 0 saturated carbocycles. The summed E-state index contributed by atoms with van der Waals surface area (Å²) >= 11 is 0. The molecule has 0 radical (unpaired) electrons. The maximum atomic E-state index is 4.51. The monoisotopic (exact) mass is 277 g/mol. The van der Waals surface area contributed by atoms with Crippen LogP contribution in [0.4, 0.5) is 11.8 Å². The van der Waals surface area contributed by atoms with Crippen molar-refractivity contribution in [1.82, 2.24) is 24.8 Å². The largest absolute Gasteiger partial charge is 0.367 e. The number of aromatic nitrogens is 4. The first-order valence-corrected chi connectivity index (χ1v) is 7.12. The predicted molar refractivity (Wildman–Crippen MR) is 82.1 cm³/mol. The van der Waals surface area contributed by atoms with Crippen LogP contribution >= 0.6 is 0 Å². The molecule has 0 aliphatic rings. The van der Waals surface area contributed by atoms with E-state index in [1.807, 2.05) is 0 Å². The summed E-state index contributed by atoms with van der Waals surface area (Å²) in [4.78, 5) is 18.4. The fourth-order valence-corrected chi connectivity index (χ4v) is 1.80. The number of fused-ring (bicyclic) bond motifs is 1. The van der Waals surface area contributed by atoms with Crippen molar-refractivity contribution in [3.05, 3.63) is 6.33 Å². The molecule has 0 aliphatic carbocycles. The van der Waals surface area contributed by atoms with E-state index in [0.29, 0.717) is 11.6 Å². The molecule has 0 amide bonds. The highest BCUT2D eigenvalue weighted by Gasteiger charge is 2.09. The topological polar surface area (TPSA) is 81.8 Å². The second-order valence-corrected chi connectivity index (χ2v) is 4.75. The van der Waals surface area contributed by atoms with Crippen LogP contribution in [0.1, 0.15) is 20.3 Å². The Hall–Kier alpha value is -1.89. The van der Waals surface area contributed by atoms with Crippen molar-refractivity contribution in [1.29, 1.82) is 0 Å². The highest BCUT2D eigenvalue weighted by Crippen LogP contribution is 2.18. The van der Waals surface area contributed by atoms with Gasteiger partial charge in [0.05, 0.1) is 6.33 Å². The van der Waals surface area contributed by atoms with Crippen molar-refractivity contribution in [2.24, 2.45) is 0 Å². The van der Waals surface area contributed by atoms with Crippen LogP contribution in [0, 0.1) is 0 Å². The molecule has 0 unspecified atom stereocenters. The molecule has 0 atom stereocenters. The molecule has 0 saturated heterocycles. The fourth-order valence-electron chi connectivity index (χ4n) is 1.80. The maximum Gasteiger partial charge on any atom is 0.226 e. The summed E-state index contributed by atoms with van der Waals surface area (Å²) in [6.07, 6.45) is 2.68. The van der Waals surface area contributed by atoms with Crippen molar-refractivity contribution < 1.29 is 0 Å². The summed E-state index contributed by atoms with van der Waals surface area (Å²) in [5.74, 6) is 1.42. The van der Waals surface area contributed by atoms with Gasteiger partial charge in [0.15, 0.2) is 11.5 Å². The van der Waals surface area contributed by atoms with Gasteiger partial charge in [-0.15, -0.1) is 0 Å². The number of hydrogen-bond acceptors (Lipinski definition) is 6. The van der Waals surface area contributed by atoms with Gasteiger partial charge in [-0.25, -0.2) is 4.98 Å². The van der Waals surface area contributed by atoms with Gasteiger partial charge in [0.1, 0.15) is 5.52 Å². The molecule has 7 heteroatoms. The zero-order valence-corrected chi connectivity index (χ0v) is 12.4. The fraction of sp³-hybridized carbons (Fsp3) is 0.615. The van der Waals surface area contributed by atoms with Gasteiger partial charge in [0.2, 0.25) is 5.95 Å². The number of rotatable bonds is 8. The van der Waals surface area contributed by atoms with E-state index in [-0.39, 0.29) is 0 Å². The van der Waals surface area contributed by atoms with Gasteiger partial charge in [-0.3, -0.25) is 0 Å². The van der Waals surface area contributed by atoms with E-state index < -0.39 is 0 Å². The average Bonchev–Trinajstić information content (AvgIpc) is 2.93. The second kappa shape index (κ2) is 7.04. The van der Waals surface area contributed by atoms with Crippen molar-refractivity contribution in [2.45, 2.75) is 20.3 Å². The molecule has 2 aromatic rings. The Balaban J connectivity index is 2.10. The number of H-pyrrole nitrogens is 1. The molecule has 110 valence electrons. The van der Waals surface area contributed by atoms with E-state index in [1.165, 1.54) is 0 Å². The Morgan fingerprint density at radius 3 is 2.80 bits per heavy atom. The third kappa shape index (κ3) is 3.57. The normalized spacial score (nSPS) is 11.2. The van der Waals surface area contributed by atoms with Gasteiger partial charge < -0.3 is 20.5 Å². The summed E-state index contributed by atoms with van der Waals surface area (Å²) < 4.78 is 0. The number of nitrogens with one attached hydrogen (secondary N) is 3. The van der Waals surface area contributed by atoms with Crippen LogP contribution in [0.5, 0.6) is 0 Å². The Labute approximate surface area is 119 Å². The molecule has 3 N–H and O–H groups in total. The molecule has 2 heterocycles. The highest BCUT2D eigenvalue weighted by atomic mass is 15.2. The molecule has 20 heavy (non-hydrogen) atoms. The molecule has 0 spiro atoms. The van der Waals surface area contributed by atoms with E-state index in [2.05, 4.69) is 56.4 Å². The lowest BCUT2D eigenvalue weighted by atomic mass is 10.4. The standard InChI is InChI=1S/C13H23N7/c1-4-6-15-13-18-11(14-7-8-20(3)5-2)10-12(19-13)17-9-16-10/h9H,4-8H2,1-3H3,(H3,14,15,16,17,18,19). The number of nitrogens with zero attached hydrogens (tertiary/aromatic N) is 4. The smallest absolute Gasteiger partial charge is 0.226 e. The second-order valence-electron chi connectivity index (χ2n) is 4.75. The van der Waals surface area contributed by atoms with Gasteiger partial charge in [-0.2, -0.15) is 9.97 Å². The third-order valence-electron chi connectivity index (χ3n) is 3.14. The van der Waals surface area contributed by atoms with Crippen LogP contribution in [0.2, 0.25) is 0 Å².